The van der Waals surface area contributed by atoms with Crippen molar-refractivity contribution in [1.82, 2.24) is 0 Å². The third-order valence-electron chi connectivity index (χ3n) is 7.14. The Morgan fingerprint density at radius 1 is 1.06 bits per heavy atom. The molecule has 0 amide bonds. The highest BCUT2D eigenvalue weighted by molar-refractivity contribution is 6.09. The molecule has 1 aliphatic heterocycles. The van der Waals surface area contributed by atoms with Gasteiger partial charge in [-0.1, -0.05) is 25.1 Å². The SMILES string of the molecule is CC[C@@H](C)OC(=O)C1C(C)=NC2=C(C(=O)C[C@H](c3ccc(OC)c(OC)c3)C2)[C@H]1c1ccc(F)cc1. The van der Waals surface area contributed by atoms with Crippen LogP contribution in [0.3, 0.4) is 0 Å². The fourth-order valence-electron chi connectivity index (χ4n) is 5.09. The molecule has 2 aromatic carbocycles. The molecule has 1 heterocycles. The first-order valence-electron chi connectivity index (χ1n) is 12.3. The van der Waals surface area contributed by atoms with Crippen LogP contribution in [-0.4, -0.2) is 37.8 Å². The largest absolute Gasteiger partial charge is 0.493 e. The van der Waals surface area contributed by atoms with Crippen LogP contribution >= 0.6 is 0 Å². The van der Waals surface area contributed by atoms with Crippen molar-refractivity contribution in [2.24, 2.45) is 10.9 Å². The number of halogens is 1. The fraction of sp³-hybridized carbons (Fsp3) is 0.414. The molecule has 1 unspecified atom stereocenters. The first-order valence-corrected chi connectivity index (χ1v) is 12.3. The number of ketones is 1. The lowest BCUT2D eigenvalue weighted by Gasteiger charge is -2.37. The van der Waals surface area contributed by atoms with E-state index in [-0.39, 0.29) is 30.0 Å². The monoisotopic (exact) mass is 493 g/mol. The number of esters is 1. The predicted octanol–water partition coefficient (Wildman–Crippen LogP) is 5.76. The minimum absolute atomic E-state index is 0.0667. The van der Waals surface area contributed by atoms with Crippen molar-refractivity contribution < 1.29 is 28.2 Å². The first kappa shape index (κ1) is 25.6. The number of aliphatic imine (C=N–C) groups is 1. The molecule has 7 heteroatoms. The standard InChI is InChI=1S/C29H32FNO5/c1-6-16(2)36-29(33)26-17(3)31-22-13-20(19-9-12-24(34-4)25(15-19)35-5)14-23(32)28(22)27(26)18-7-10-21(30)11-8-18/h7-12,15-16,20,26-27H,6,13-14H2,1-5H3/t16-,20-,26?,27+/m1/s1. The molecule has 0 saturated heterocycles. The van der Waals surface area contributed by atoms with Crippen LogP contribution in [0.1, 0.15) is 63.0 Å². The molecule has 0 aromatic heterocycles. The van der Waals surface area contributed by atoms with E-state index in [1.165, 1.54) is 12.1 Å². The molecule has 0 spiro atoms. The number of nitrogens with zero attached hydrogens (tertiary/aromatic N) is 1. The van der Waals surface area contributed by atoms with E-state index in [0.717, 1.165) is 5.56 Å². The van der Waals surface area contributed by atoms with Gasteiger partial charge in [0.25, 0.3) is 0 Å². The maximum atomic E-state index is 13.8. The smallest absolute Gasteiger partial charge is 0.315 e. The van der Waals surface area contributed by atoms with E-state index in [1.807, 2.05) is 32.0 Å². The Hall–Kier alpha value is -3.48. The van der Waals surface area contributed by atoms with Gasteiger partial charge in [0.05, 0.1) is 20.3 Å². The van der Waals surface area contributed by atoms with Gasteiger partial charge in [-0.3, -0.25) is 14.6 Å². The number of rotatable bonds is 7. The van der Waals surface area contributed by atoms with Gasteiger partial charge in [-0.2, -0.15) is 0 Å². The summed E-state index contributed by atoms with van der Waals surface area (Å²) in [5, 5.41) is 0. The van der Waals surface area contributed by atoms with Crippen molar-refractivity contribution in [1.29, 1.82) is 0 Å². The van der Waals surface area contributed by atoms with Gasteiger partial charge in [-0.05, 0) is 68.0 Å². The molecule has 0 radical (unpaired) electrons. The minimum atomic E-state index is -0.746. The number of allylic oxidation sites excluding steroid dienone is 2. The number of hydrogen-bond donors (Lipinski definition) is 0. The van der Waals surface area contributed by atoms with Crippen LogP contribution in [-0.2, 0) is 14.3 Å². The Bertz CT molecular complexity index is 1220. The van der Waals surface area contributed by atoms with Crippen molar-refractivity contribution in [2.45, 2.75) is 58.0 Å². The molecule has 0 bridgehead atoms. The van der Waals surface area contributed by atoms with Gasteiger partial charge >= 0.3 is 5.97 Å². The van der Waals surface area contributed by atoms with Gasteiger partial charge in [-0.25, -0.2) is 4.39 Å². The molecule has 0 saturated carbocycles. The van der Waals surface area contributed by atoms with Gasteiger partial charge in [0.1, 0.15) is 11.7 Å². The van der Waals surface area contributed by atoms with Crippen LogP contribution in [0, 0.1) is 11.7 Å². The fourth-order valence-corrected chi connectivity index (χ4v) is 5.09. The Kier molecular flexibility index (Phi) is 7.57. The zero-order valence-corrected chi connectivity index (χ0v) is 21.3. The predicted molar refractivity (Wildman–Crippen MR) is 135 cm³/mol. The molecule has 0 N–H and O–H groups in total. The summed E-state index contributed by atoms with van der Waals surface area (Å²) in [6.45, 7) is 5.58. The quantitative estimate of drug-likeness (QED) is 0.459. The Morgan fingerprint density at radius 3 is 2.36 bits per heavy atom. The highest BCUT2D eigenvalue weighted by Crippen LogP contribution is 2.47. The van der Waals surface area contributed by atoms with E-state index in [4.69, 9.17) is 19.2 Å². The van der Waals surface area contributed by atoms with E-state index in [0.29, 0.717) is 46.9 Å². The summed E-state index contributed by atoms with van der Waals surface area (Å²) in [5.41, 5.74) is 3.44. The highest BCUT2D eigenvalue weighted by atomic mass is 19.1. The molecule has 2 aromatic rings. The van der Waals surface area contributed by atoms with Crippen LogP contribution < -0.4 is 9.47 Å². The summed E-state index contributed by atoms with van der Waals surface area (Å²) in [6.07, 6.45) is 1.23. The van der Waals surface area contributed by atoms with Crippen molar-refractivity contribution in [3.05, 3.63) is 70.7 Å². The van der Waals surface area contributed by atoms with Gasteiger partial charge < -0.3 is 14.2 Å². The second kappa shape index (κ2) is 10.6. The molecule has 1 aliphatic carbocycles. The van der Waals surface area contributed by atoms with E-state index in [2.05, 4.69) is 0 Å². The van der Waals surface area contributed by atoms with Crippen molar-refractivity contribution in [3.63, 3.8) is 0 Å². The summed E-state index contributed by atoms with van der Waals surface area (Å²) >= 11 is 0. The van der Waals surface area contributed by atoms with E-state index in [1.54, 1.807) is 33.3 Å². The third-order valence-corrected chi connectivity index (χ3v) is 7.14. The summed E-state index contributed by atoms with van der Waals surface area (Å²) < 4.78 is 30.2. The van der Waals surface area contributed by atoms with Crippen LogP contribution in [0.5, 0.6) is 11.5 Å². The van der Waals surface area contributed by atoms with Gasteiger partial charge in [-0.15, -0.1) is 0 Å². The number of carbonyl (C=O) groups is 2. The number of carbonyl (C=O) groups excluding carboxylic acids is 2. The van der Waals surface area contributed by atoms with Crippen molar-refractivity contribution in [3.8, 4) is 11.5 Å². The number of benzene rings is 2. The number of hydrogen-bond acceptors (Lipinski definition) is 6. The number of methoxy groups -OCH3 is 2. The zero-order valence-electron chi connectivity index (χ0n) is 21.3. The van der Waals surface area contributed by atoms with Crippen LogP contribution in [0.15, 0.2) is 58.7 Å². The first-order chi connectivity index (χ1) is 17.3. The Labute approximate surface area is 211 Å². The molecule has 190 valence electrons. The lowest BCUT2D eigenvalue weighted by Crippen LogP contribution is -2.39. The molecule has 0 fully saturated rings. The lowest BCUT2D eigenvalue weighted by molar-refractivity contribution is -0.151. The van der Waals surface area contributed by atoms with Crippen LogP contribution in [0.2, 0.25) is 0 Å². The van der Waals surface area contributed by atoms with Crippen LogP contribution in [0.25, 0.3) is 0 Å². The second-order valence-corrected chi connectivity index (χ2v) is 9.42. The Balaban J connectivity index is 1.76. The summed E-state index contributed by atoms with van der Waals surface area (Å²) in [5.74, 6) is -1.06. The van der Waals surface area contributed by atoms with Gasteiger partial charge in [0, 0.05) is 29.3 Å². The molecule has 4 atom stereocenters. The molecule has 2 aliphatic rings. The van der Waals surface area contributed by atoms with E-state index >= 15 is 0 Å². The molecular formula is C29H32FNO5. The van der Waals surface area contributed by atoms with Crippen LogP contribution in [0.4, 0.5) is 4.39 Å². The van der Waals surface area contributed by atoms with E-state index in [9.17, 15) is 14.0 Å². The average molecular weight is 494 g/mol. The number of Topliss-reactive ketones (excluding diaryl/α,β-unsaturated/α-hetero) is 1. The maximum absolute atomic E-state index is 13.8. The summed E-state index contributed by atoms with van der Waals surface area (Å²) in [4.78, 5) is 31.8. The normalized spacial score (nSPS) is 22.4. The molecular weight excluding hydrogens is 461 g/mol. The lowest BCUT2D eigenvalue weighted by atomic mass is 9.69. The summed E-state index contributed by atoms with van der Waals surface area (Å²) in [7, 11) is 3.16. The maximum Gasteiger partial charge on any atom is 0.315 e. The van der Waals surface area contributed by atoms with Gasteiger partial charge in [0.2, 0.25) is 0 Å². The highest BCUT2D eigenvalue weighted by Gasteiger charge is 2.45. The average Bonchev–Trinajstić information content (AvgIpc) is 2.87. The Morgan fingerprint density at radius 2 is 1.72 bits per heavy atom. The summed E-state index contributed by atoms with van der Waals surface area (Å²) in [6, 6.07) is 11.7. The molecule has 36 heavy (non-hydrogen) atoms. The van der Waals surface area contributed by atoms with Gasteiger partial charge in [0.15, 0.2) is 17.3 Å². The zero-order chi connectivity index (χ0) is 26.0. The minimum Gasteiger partial charge on any atom is -0.493 e. The second-order valence-electron chi connectivity index (χ2n) is 9.42. The van der Waals surface area contributed by atoms with Crippen molar-refractivity contribution in [2.75, 3.05) is 14.2 Å². The molecule has 4 rings (SSSR count). The number of ether oxygens (including phenoxy) is 3. The third kappa shape index (κ3) is 4.92. The van der Waals surface area contributed by atoms with Crippen molar-refractivity contribution >= 4 is 17.5 Å². The molecule has 6 nitrogen and oxygen atoms in total. The topological polar surface area (TPSA) is 74.2 Å². The van der Waals surface area contributed by atoms with E-state index < -0.39 is 17.8 Å².